The van der Waals surface area contributed by atoms with Crippen LogP contribution in [0.25, 0.3) is 43.6 Å². The van der Waals surface area contributed by atoms with Crippen molar-refractivity contribution < 1.29 is 14.0 Å². The van der Waals surface area contributed by atoms with E-state index in [9.17, 15) is 14.0 Å². The first-order valence-electron chi connectivity index (χ1n) is 20.1. The second kappa shape index (κ2) is 16.8. The molecule has 60 heavy (non-hydrogen) atoms. The lowest BCUT2D eigenvalue weighted by atomic mass is 9.94. The monoisotopic (exact) mass is 804 g/mol. The van der Waals surface area contributed by atoms with Crippen LogP contribution in [0.4, 0.5) is 27.4 Å². The van der Waals surface area contributed by atoms with Crippen LogP contribution >= 0.6 is 0 Å². The summed E-state index contributed by atoms with van der Waals surface area (Å²) in [7, 11) is 0. The fourth-order valence-electron chi connectivity index (χ4n) is 7.98. The Balaban J connectivity index is 0.000000164. The summed E-state index contributed by atoms with van der Waals surface area (Å²) in [6.45, 7) is 6.44. The predicted octanol–water partition coefficient (Wildman–Crippen LogP) is 10.2. The van der Waals surface area contributed by atoms with E-state index in [1.54, 1.807) is 24.2 Å². The number of fused-ring (bicyclic) bond motifs is 4. The number of amides is 2. The van der Waals surface area contributed by atoms with Crippen molar-refractivity contribution in [3.63, 3.8) is 0 Å². The van der Waals surface area contributed by atoms with Crippen molar-refractivity contribution in [3.05, 3.63) is 121 Å². The maximum Gasteiger partial charge on any atom is 0.254 e. The number of alkyl halides is 1. The molecular formula is C47H49FN10O2. The molecule has 6 heterocycles. The van der Waals surface area contributed by atoms with Gasteiger partial charge in [0.1, 0.15) is 16.7 Å². The number of hydrogen-bond acceptors (Lipinski definition) is 8. The number of nitrogens with one attached hydrogen (secondary N) is 4. The summed E-state index contributed by atoms with van der Waals surface area (Å²) in [6.07, 6.45) is 6.40. The summed E-state index contributed by atoms with van der Waals surface area (Å²) in [5.41, 5.74) is 5.33. The maximum atomic E-state index is 14.1. The van der Waals surface area contributed by atoms with Crippen LogP contribution in [0.3, 0.4) is 0 Å². The van der Waals surface area contributed by atoms with Crippen LogP contribution in [0.2, 0.25) is 0 Å². The molecule has 0 spiro atoms. The van der Waals surface area contributed by atoms with Gasteiger partial charge < -0.3 is 20.4 Å². The molecule has 0 saturated carbocycles. The zero-order valence-electron chi connectivity index (χ0n) is 33.0. The molecule has 10 rings (SSSR count). The van der Waals surface area contributed by atoms with Crippen molar-refractivity contribution >= 4 is 78.4 Å². The van der Waals surface area contributed by atoms with Crippen molar-refractivity contribution in [2.24, 2.45) is 5.92 Å². The normalized spacial score (nSPS) is 15.4. The standard InChI is InChI=1S/C23H22FN5O.C23H23N5O.CH4/c1-23(24)9-12-29(13-10-23)22(30)18-5-2-4-15-14-16(7-8-17(15)18)26-21-20-19(27-28-21)6-3-11-25-20;1-15-9-12-28(13-10-15)23(29)19-5-2-4-16-14-17(7-8-18(16)19)25-22-21-20(26-27-22)6-3-11-24-21;/h2-8,11,14H,9-10,12-13H2,1H3,(H2,26,27,28);2-8,11,14-15H,9-10,12-13H2,1H3,(H2,25,26,27);1H4. The number of anilines is 4. The third-order valence-electron chi connectivity index (χ3n) is 11.6. The summed E-state index contributed by atoms with van der Waals surface area (Å²) in [5.74, 6) is 2.13. The van der Waals surface area contributed by atoms with Gasteiger partial charge in [0.05, 0.1) is 11.0 Å². The number of H-pyrrole nitrogens is 2. The highest BCUT2D eigenvalue weighted by Crippen LogP contribution is 2.31. The number of carbonyl (C=O) groups excluding carboxylic acids is 2. The number of aromatic nitrogens is 6. The summed E-state index contributed by atoms with van der Waals surface area (Å²) in [5, 5.41) is 25.0. The molecule has 12 nitrogen and oxygen atoms in total. The van der Waals surface area contributed by atoms with Gasteiger partial charge in [-0.05, 0) is 121 Å². The Hall–Kier alpha value is -6.89. The Morgan fingerprint density at radius 2 is 1.13 bits per heavy atom. The molecule has 2 saturated heterocycles. The van der Waals surface area contributed by atoms with Gasteiger partial charge in [-0.2, -0.15) is 10.2 Å². The largest absolute Gasteiger partial charge is 0.339 e. The van der Waals surface area contributed by atoms with Crippen molar-refractivity contribution in [1.82, 2.24) is 40.2 Å². The molecule has 4 N–H and O–H groups in total. The summed E-state index contributed by atoms with van der Waals surface area (Å²) in [6, 6.07) is 31.1. The molecule has 2 aliphatic heterocycles. The molecule has 0 atom stereocenters. The Labute approximate surface area is 347 Å². The number of pyridine rings is 2. The molecule has 0 unspecified atom stereocenters. The molecule has 2 amide bonds. The highest BCUT2D eigenvalue weighted by molar-refractivity contribution is 6.09. The van der Waals surface area contributed by atoms with Crippen LogP contribution in [0, 0.1) is 5.92 Å². The van der Waals surface area contributed by atoms with E-state index >= 15 is 0 Å². The highest BCUT2D eigenvalue weighted by Gasteiger charge is 2.32. The first kappa shape index (κ1) is 39.9. The number of halogens is 1. The van der Waals surface area contributed by atoms with Gasteiger partial charge in [-0.25, -0.2) is 4.39 Å². The van der Waals surface area contributed by atoms with Crippen molar-refractivity contribution in [3.8, 4) is 0 Å². The Morgan fingerprint density at radius 1 is 0.667 bits per heavy atom. The van der Waals surface area contributed by atoms with E-state index < -0.39 is 5.67 Å². The average Bonchev–Trinajstić information content (AvgIpc) is 3.87. The zero-order valence-corrected chi connectivity index (χ0v) is 33.0. The number of likely N-dealkylation sites (tertiary alicyclic amines) is 2. The lowest BCUT2D eigenvalue weighted by molar-refractivity contribution is 0.0505. The lowest BCUT2D eigenvalue weighted by Gasteiger charge is -2.34. The van der Waals surface area contributed by atoms with Crippen LogP contribution < -0.4 is 10.6 Å². The second-order valence-electron chi connectivity index (χ2n) is 15.9. The average molecular weight is 805 g/mol. The number of piperidine rings is 2. The van der Waals surface area contributed by atoms with E-state index in [0.29, 0.717) is 49.0 Å². The Bertz CT molecular complexity index is 2810. The third kappa shape index (κ3) is 8.20. The van der Waals surface area contributed by atoms with Crippen LogP contribution in [0.5, 0.6) is 0 Å². The first-order valence-corrected chi connectivity index (χ1v) is 20.1. The highest BCUT2D eigenvalue weighted by atomic mass is 19.1. The number of rotatable bonds is 6. The number of benzene rings is 4. The van der Waals surface area contributed by atoms with Gasteiger partial charge in [-0.1, -0.05) is 50.7 Å². The fraction of sp³-hybridized carbons (Fsp3) is 0.277. The minimum absolute atomic E-state index is 0. The smallest absolute Gasteiger partial charge is 0.254 e. The summed E-state index contributed by atoms with van der Waals surface area (Å²) in [4.78, 5) is 38.7. The third-order valence-corrected chi connectivity index (χ3v) is 11.6. The van der Waals surface area contributed by atoms with Gasteiger partial charge in [0.25, 0.3) is 11.8 Å². The van der Waals surface area contributed by atoms with Crippen molar-refractivity contribution in [2.45, 2.75) is 52.6 Å². The topological polar surface area (TPSA) is 148 Å². The van der Waals surface area contributed by atoms with Crippen LogP contribution in [-0.4, -0.2) is 83.8 Å². The van der Waals surface area contributed by atoms with Crippen LogP contribution in [0.15, 0.2) is 109 Å². The van der Waals surface area contributed by atoms with Gasteiger partial charge in [-0.15, -0.1) is 0 Å². The van der Waals surface area contributed by atoms with E-state index in [4.69, 9.17) is 0 Å². The second-order valence-corrected chi connectivity index (χ2v) is 15.9. The van der Waals surface area contributed by atoms with Gasteiger partial charge in [0.2, 0.25) is 0 Å². The lowest BCUT2D eigenvalue weighted by Crippen LogP contribution is -2.43. The molecule has 4 aromatic heterocycles. The van der Waals surface area contributed by atoms with E-state index in [-0.39, 0.29) is 19.2 Å². The minimum atomic E-state index is -1.18. The van der Waals surface area contributed by atoms with E-state index in [1.807, 2.05) is 102 Å². The molecule has 2 aliphatic rings. The molecule has 306 valence electrons. The van der Waals surface area contributed by atoms with Crippen LogP contribution in [0.1, 0.15) is 67.7 Å². The fourth-order valence-corrected chi connectivity index (χ4v) is 7.98. The molecule has 2 fully saturated rings. The quantitative estimate of drug-likeness (QED) is 0.130. The van der Waals surface area contributed by atoms with Gasteiger partial charge in [-0.3, -0.25) is 29.8 Å². The minimum Gasteiger partial charge on any atom is -0.339 e. The first-order chi connectivity index (χ1) is 28.7. The van der Waals surface area contributed by atoms with E-state index in [2.05, 4.69) is 47.9 Å². The molecule has 0 radical (unpaired) electrons. The number of nitrogens with zero attached hydrogens (tertiary/aromatic N) is 6. The van der Waals surface area contributed by atoms with E-state index in [0.717, 1.165) is 86.5 Å². The molecule has 0 aliphatic carbocycles. The number of hydrogen-bond donors (Lipinski definition) is 4. The number of carbonyl (C=O) groups is 2. The SMILES string of the molecule is C.CC1(F)CCN(C(=O)c2cccc3cc(Nc4n[nH]c5cccnc45)ccc23)CC1.CC1CCN(C(=O)c2cccc3cc(Nc4n[nH]c5cccnc45)ccc23)CC1. The predicted molar refractivity (Wildman–Crippen MR) is 238 cm³/mol. The number of aromatic amines is 2. The molecule has 13 heteroatoms. The Kier molecular flexibility index (Phi) is 11.2. The molecule has 4 aromatic carbocycles. The molecule has 8 aromatic rings. The molecular weight excluding hydrogens is 756 g/mol. The van der Waals surface area contributed by atoms with Crippen LogP contribution in [-0.2, 0) is 0 Å². The maximum absolute atomic E-state index is 14.1. The summed E-state index contributed by atoms with van der Waals surface area (Å²) < 4.78 is 14.1. The summed E-state index contributed by atoms with van der Waals surface area (Å²) >= 11 is 0. The Morgan fingerprint density at radius 3 is 1.62 bits per heavy atom. The zero-order chi connectivity index (χ0) is 40.5. The van der Waals surface area contributed by atoms with Gasteiger partial charge in [0.15, 0.2) is 11.6 Å². The van der Waals surface area contributed by atoms with Crippen molar-refractivity contribution in [1.29, 1.82) is 0 Å². The molecule has 0 bridgehead atoms. The van der Waals surface area contributed by atoms with Gasteiger partial charge >= 0.3 is 0 Å². The van der Waals surface area contributed by atoms with E-state index in [1.165, 1.54) is 0 Å². The van der Waals surface area contributed by atoms with Crippen molar-refractivity contribution in [2.75, 3.05) is 36.8 Å². The van der Waals surface area contributed by atoms with Gasteiger partial charge in [0, 0.05) is 61.1 Å².